The second-order valence-electron chi connectivity index (χ2n) is 4.07. The largest absolute Gasteiger partial charge is 0.456 e. The lowest BCUT2D eigenvalue weighted by Crippen LogP contribution is -2.14. The van der Waals surface area contributed by atoms with E-state index in [-0.39, 0.29) is 16.3 Å². The molecule has 2 nitrogen and oxygen atoms in total. The van der Waals surface area contributed by atoms with Crippen molar-refractivity contribution in [3.63, 3.8) is 0 Å². The maximum absolute atomic E-state index is 13.7. The third-order valence-electron chi connectivity index (χ3n) is 2.63. The average Bonchev–Trinajstić information content (AvgIpc) is 2.37. The number of hydrogen-bond donors (Lipinski definition) is 1. The molecule has 2 N–H and O–H groups in total. The summed E-state index contributed by atoms with van der Waals surface area (Å²) in [7, 11) is 0. The Bertz CT molecular complexity index is 685. The van der Waals surface area contributed by atoms with Gasteiger partial charge in [-0.2, -0.15) is 13.2 Å². The van der Waals surface area contributed by atoms with E-state index in [4.69, 9.17) is 22.7 Å². The van der Waals surface area contributed by atoms with Gasteiger partial charge in [-0.1, -0.05) is 30.4 Å². The molecule has 0 saturated carbocycles. The lowest BCUT2D eigenvalue weighted by atomic mass is 10.1. The molecule has 21 heavy (non-hydrogen) atoms. The Balaban J connectivity index is 2.50. The molecule has 7 heteroatoms. The number of benzene rings is 2. The molecule has 0 atom stereocenters. The summed E-state index contributed by atoms with van der Waals surface area (Å²) in [5.41, 5.74) is 4.18. The number of rotatable bonds is 3. The highest BCUT2D eigenvalue weighted by atomic mass is 32.1. The lowest BCUT2D eigenvalue weighted by molar-refractivity contribution is -0.138. The molecule has 0 unspecified atom stereocenters. The Hall–Kier alpha value is -2.15. The molecule has 0 aliphatic carbocycles. The summed E-state index contributed by atoms with van der Waals surface area (Å²) in [6.45, 7) is 0. The van der Waals surface area contributed by atoms with Crippen LogP contribution in [0.1, 0.15) is 11.1 Å². The summed E-state index contributed by atoms with van der Waals surface area (Å²) in [5, 5.41) is 0. The number of para-hydroxylation sites is 1. The van der Waals surface area contributed by atoms with Crippen molar-refractivity contribution >= 4 is 17.2 Å². The van der Waals surface area contributed by atoms with Crippen LogP contribution >= 0.6 is 12.2 Å². The maximum Gasteiger partial charge on any atom is 0.419 e. The van der Waals surface area contributed by atoms with Crippen LogP contribution in [0.15, 0.2) is 42.5 Å². The second kappa shape index (κ2) is 5.69. The van der Waals surface area contributed by atoms with Gasteiger partial charge in [0.05, 0.1) is 11.1 Å². The van der Waals surface area contributed by atoms with Crippen molar-refractivity contribution in [2.45, 2.75) is 6.18 Å². The Morgan fingerprint density at radius 3 is 2.24 bits per heavy atom. The predicted octanol–water partition coefficient (Wildman–Crippen LogP) is 4.27. The third kappa shape index (κ3) is 3.30. The van der Waals surface area contributed by atoms with E-state index in [0.717, 1.165) is 18.2 Å². The molecule has 0 amide bonds. The Morgan fingerprint density at radius 2 is 1.62 bits per heavy atom. The summed E-state index contributed by atoms with van der Waals surface area (Å²) in [6.07, 6.45) is -4.59. The highest BCUT2D eigenvalue weighted by Gasteiger charge is 2.34. The van der Waals surface area contributed by atoms with Gasteiger partial charge < -0.3 is 10.5 Å². The van der Waals surface area contributed by atoms with Gasteiger partial charge in [-0.15, -0.1) is 0 Å². The molecular weight excluding hydrogens is 306 g/mol. The van der Waals surface area contributed by atoms with Crippen molar-refractivity contribution in [1.29, 1.82) is 0 Å². The van der Waals surface area contributed by atoms with Gasteiger partial charge in [0.25, 0.3) is 0 Å². The van der Waals surface area contributed by atoms with Gasteiger partial charge in [0.2, 0.25) is 0 Å². The predicted molar refractivity (Wildman–Crippen MR) is 73.8 cm³/mol. The summed E-state index contributed by atoms with van der Waals surface area (Å²) in [5.74, 6) is -1.38. The number of nitrogens with two attached hydrogens (primary N) is 1. The van der Waals surface area contributed by atoms with E-state index in [0.29, 0.717) is 0 Å². The van der Waals surface area contributed by atoms with Gasteiger partial charge in [0.15, 0.2) is 0 Å². The van der Waals surface area contributed by atoms with Gasteiger partial charge in [-0.3, -0.25) is 0 Å². The smallest absolute Gasteiger partial charge is 0.419 e. The van der Waals surface area contributed by atoms with Crippen LogP contribution in [0.5, 0.6) is 11.5 Å². The molecule has 0 aliphatic heterocycles. The Labute approximate surface area is 123 Å². The highest BCUT2D eigenvalue weighted by molar-refractivity contribution is 7.80. The standard InChI is InChI=1S/C14H9F4NOS/c15-9-5-3-7-11(12(9)13(19)21)20-10-6-2-1-4-8(10)14(16,17)18/h1-7H,(H2,19,21). The molecule has 2 aromatic rings. The summed E-state index contributed by atoms with van der Waals surface area (Å²) in [6, 6.07) is 8.30. The molecule has 0 radical (unpaired) electrons. The van der Waals surface area contributed by atoms with Crippen LogP contribution in [0.25, 0.3) is 0 Å². The van der Waals surface area contributed by atoms with Gasteiger partial charge in [-0.25, -0.2) is 4.39 Å². The molecule has 0 aromatic heterocycles. The van der Waals surface area contributed by atoms with Crippen molar-refractivity contribution in [2.75, 3.05) is 0 Å². The van der Waals surface area contributed by atoms with Crippen LogP contribution in [-0.2, 0) is 6.18 Å². The van der Waals surface area contributed by atoms with Crippen molar-refractivity contribution < 1.29 is 22.3 Å². The van der Waals surface area contributed by atoms with Crippen LogP contribution in [-0.4, -0.2) is 4.99 Å². The van der Waals surface area contributed by atoms with Crippen LogP contribution in [0.4, 0.5) is 17.6 Å². The molecule has 2 rings (SSSR count). The van der Waals surface area contributed by atoms with E-state index in [1.165, 1.54) is 24.3 Å². The Morgan fingerprint density at radius 1 is 1.00 bits per heavy atom. The van der Waals surface area contributed by atoms with E-state index >= 15 is 0 Å². The first kappa shape index (κ1) is 15.2. The summed E-state index contributed by atoms with van der Waals surface area (Å²) < 4.78 is 57.5. The van der Waals surface area contributed by atoms with Crippen molar-refractivity contribution in [1.82, 2.24) is 0 Å². The fourth-order valence-corrected chi connectivity index (χ4v) is 1.93. The highest BCUT2D eigenvalue weighted by Crippen LogP contribution is 2.38. The first-order valence-electron chi connectivity index (χ1n) is 5.73. The molecule has 0 heterocycles. The minimum Gasteiger partial charge on any atom is -0.456 e. The number of alkyl halides is 3. The second-order valence-corrected chi connectivity index (χ2v) is 4.51. The number of thiocarbonyl (C=S) groups is 1. The monoisotopic (exact) mass is 315 g/mol. The zero-order chi connectivity index (χ0) is 15.6. The topological polar surface area (TPSA) is 35.2 Å². The van der Waals surface area contributed by atoms with Gasteiger partial charge in [-0.05, 0) is 24.3 Å². The summed E-state index contributed by atoms with van der Waals surface area (Å²) in [4.78, 5) is -0.299. The zero-order valence-electron chi connectivity index (χ0n) is 10.4. The van der Waals surface area contributed by atoms with E-state index < -0.39 is 23.3 Å². The van der Waals surface area contributed by atoms with Crippen LogP contribution < -0.4 is 10.5 Å². The number of ether oxygens (including phenoxy) is 1. The minimum absolute atomic E-state index is 0.167. The lowest BCUT2D eigenvalue weighted by Gasteiger charge is -2.15. The van der Waals surface area contributed by atoms with Crippen LogP contribution in [0.3, 0.4) is 0 Å². The summed E-state index contributed by atoms with van der Waals surface area (Å²) >= 11 is 4.70. The molecule has 0 spiro atoms. The maximum atomic E-state index is 13.7. The molecule has 0 aliphatic rings. The SMILES string of the molecule is NC(=S)c1c(F)cccc1Oc1ccccc1C(F)(F)F. The zero-order valence-corrected chi connectivity index (χ0v) is 11.3. The molecule has 0 bridgehead atoms. The fraction of sp³-hybridized carbons (Fsp3) is 0.0714. The van der Waals surface area contributed by atoms with E-state index in [2.05, 4.69) is 0 Å². The third-order valence-corrected chi connectivity index (χ3v) is 2.84. The molecule has 0 saturated heterocycles. The van der Waals surface area contributed by atoms with Gasteiger partial charge >= 0.3 is 6.18 Å². The first-order valence-corrected chi connectivity index (χ1v) is 6.14. The van der Waals surface area contributed by atoms with Crippen molar-refractivity contribution in [2.24, 2.45) is 5.73 Å². The van der Waals surface area contributed by atoms with Crippen molar-refractivity contribution in [3.8, 4) is 11.5 Å². The van der Waals surface area contributed by atoms with Crippen molar-refractivity contribution in [3.05, 3.63) is 59.4 Å². The van der Waals surface area contributed by atoms with E-state index in [1.807, 2.05) is 0 Å². The molecule has 2 aromatic carbocycles. The van der Waals surface area contributed by atoms with E-state index in [9.17, 15) is 17.6 Å². The minimum atomic E-state index is -4.59. The van der Waals surface area contributed by atoms with Gasteiger partial charge in [0.1, 0.15) is 22.3 Å². The number of hydrogen-bond acceptors (Lipinski definition) is 2. The van der Waals surface area contributed by atoms with Crippen LogP contribution in [0.2, 0.25) is 0 Å². The first-order chi connectivity index (χ1) is 9.80. The number of halogens is 4. The average molecular weight is 315 g/mol. The molecule has 110 valence electrons. The van der Waals surface area contributed by atoms with E-state index in [1.54, 1.807) is 0 Å². The fourth-order valence-electron chi connectivity index (χ4n) is 1.74. The van der Waals surface area contributed by atoms with Crippen LogP contribution in [0, 0.1) is 5.82 Å². The molecule has 0 fully saturated rings. The normalized spacial score (nSPS) is 11.2. The Kier molecular flexibility index (Phi) is 4.13. The van der Waals surface area contributed by atoms with Gasteiger partial charge in [0, 0.05) is 0 Å². The quantitative estimate of drug-likeness (QED) is 0.678. The molecular formula is C14H9F4NOS.